The molecule has 2 N–H and O–H groups in total. The molecule has 1 aromatic heterocycles. The minimum Gasteiger partial charge on any atom is -0.322 e. The van der Waals surface area contributed by atoms with E-state index in [1.165, 1.54) is 22.9 Å². The van der Waals surface area contributed by atoms with Crippen molar-refractivity contribution >= 4 is 35.0 Å². The smallest absolute Gasteiger partial charge is 0.244 e. The van der Waals surface area contributed by atoms with Crippen LogP contribution in [-0.2, 0) is 9.59 Å². The molecule has 7 heteroatoms. The molecule has 102 valence electrons. The molecule has 20 heavy (non-hydrogen) atoms. The van der Waals surface area contributed by atoms with E-state index in [1.807, 2.05) is 24.3 Å². The molecule has 0 spiro atoms. The summed E-state index contributed by atoms with van der Waals surface area (Å²) in [6.07, 6.45) is 3.10. The molecule has 0 bridgehead atoms. The van der Waals surface area contributed by atoms with Crippen molar-refractivity contribution < 1.29 is 9.59 Å². The van der Waals surface area contributed by atoms with E-state index >= 15 is 0 Å². The number of hydrogen-bond donors (Lipinski definition) is 2. The second-order valence-corrected chi connectivity index (χ2v) is 5.29. The highest BCUT2D eigenvalue weighted by molar-refractivity contribution is 8.00. The Bertz CT molecular complexity index is 642. The van der Waals surface area contributed by atoms with E-state index in [2.05, 4.69) is 15.5 Å². The van der Waals surface area contributed by atoms with Gasteiger partial charge in [0, 0.05) is 11.1 Å². The summed E-state index contributed by atoms with van der Waals surface area (Å²) in [5.74, 6) is 0.0493. The Kier molecular flexibility index (Phi) is 3.42. The number of rotatable bonds is 3. The minimum absolute atomic E-state index is 0.00157. The lowest BCUT2D eigenvalue weighted by Gasteiger charge is -2.28. The fourth-order valence-electron chi connectivity index (χ4n) is 1.99. The quantitative estimate of drug-likeness (QED) is 0.897. The topological polar surface area (TPSA) is 78.1 Å². The van der Waals surface area contributed by atoms with Crippen LogP contribution in [0.15, 0.2) is 41.6 Å². The van der Waals surface area contributed by atoms with Crippen molar-refractivity contribution in [2.24, 2.45) is 0 Å². The summed E-state index contributed by atoms with van der Waals surface area (Å²) >= 11 is 1.50. The summed E-state index contributed by atoms with van der Waals surface area (Å²) in [4.78, 5) is 26.5. The Labute approximate surface area is 119 Å². The third-order valence-electron chi connectivity index (χ3n) is 2.89. The molecule has 0 saturated heterocycles. The molecule has 1 aliphatic rings. The average molecular weight is 288 g/mol. The van der Waals surface area contributed by atoms with Gasteiger partial charge in [0.15, 0.2) is 0 Å². The fourth-order valence-corrected chi connectivity index (χ4v) is 2.93. The molecule has 0 fully saturated rings. The molecule has 1 aliphatic heterocycles. The molecule has 0 unspecified atom stereocenters. The molecule has 2 aromatic rings. The first-order chi connectivity index (χ1) is 9.74. The Balaban J connectivity index is 1.76. The predicted octanol–water partition coefficient (Wildman–Crippen LogP) is 1.49. The molecular formula is C13H12N4O2S. The van der Waals surface area contributed by atoms with Crippen LogP contribution in [-0.4, -0.2) is 34.3 Å². The summed E-state index contributed by atoms with van der Waals surface area (Å²) < 4.78 is 0. The molecule has 3 rings (SSSR count). The lowest BCUT2D eigenvalue weighted by molar-refractivity contribution is -0.120. The molecule has 6 nitrogen and oxygen atoms in total. The van der Waals surface area contributed by atoms with Crippen LogP contribution in [0.3, 0.4) is 0 Å². The number of aromatic nitrogens is 2. The number of anilines is 2. The minimum atomic E-state index is -0.249. The molecule has 2 heterocycles. The van der Waals surface area contributed by atoms with Gasteiger partial charge in [0.05, 0.1) is 23.3 Å². The second-order valence-electron chi connectivity index (χ2n) is 4.27. The van der Waals surface area contributed by atoms with E-state index in [4.69, 9.17) is 0 Å². The number of nitrogens with zero attached hydrogens (tertiary/aromatic N) is 2. The van der Waals surface area contributed by atoms with E-state index < -0.39 is 0 Å². The van der Waals surface area contributed by atoms with Crippen LogP contribution < -0.4 is 10.2 Å². The van der Waals surface area contributed by atoms with E-state index in [-0.39, 0.29) is 18.4 Å². The summed E-state index contributed by atoms with van der Waals surface area (Å²) in [5.41, 5.74) is 1.37. The van der Waals surface area contributed by atoms with Gasteiger partial charge in [-0.15, -0.1) is 11.8 Å². The molecule has 0 saturated carbocycles. The summed E-state index contributed by atoms with van der Waals surface area (Å²) in [5, 5.41) is 9.05. The standard InChI is InChI=1S/C13H12N4O2S/c18-12(16-9-5-14-15-6-9)7-17-10-3-1-2-4-11(10)20-8-13(17)19/h1-6H,7-8H2,(H,14,15)(H,16,18). The van der Waals surface area contributed by atoms with Gasteiger partial charge in [-0.2, -0.15) is 5.10 Å². The normalized spacial score (nSPS) is 14.0. The van der Waals surface area contributed by atoms with Crippen LogP contribution >= 0.6 is 11.8 Å². The van der Waals surface area contributed by atoms with Crippen LogP contribution in [0.1, 0.15) is 0 Å². The van der Waals surface area contributed by atoms with Gasteiger partial charge in [-0.25, -0.2) is 0 Å². The number of carbonyl (C=O) groups is 2. The zero-order chi connectivity index (χ0) is 13.9. The maximum atomic E-state index is 12.0. The first kappa shape index (κ1) is 12.7. The number of nitrogens with one attached hydrogen (secondary N) is 2. The zero-order valence-corrected chi connectivity index (χ0v) is 11.3. The van der Waals surface area contributed by atoms with Crippen LogP contribution in [0.25, 0.3) is 0 Å². The van der Waals surface area contributed by atoms with Gasteiger partial charge in [-0.1, -0.05) is 12.1 Å². The molecule has 2 amide bonds. The number of benzene rings is 1. The second kappa shape index (κ2) is 5.38. The summed E-state index contributed by atoms with van der Waals surface area (Å²) in [6, 6.07) is 7.59. The van der Waals surface area contributed by atoms with Crippen molar-refractivity contribution in [2.75, 3.05) is 22.5 Å². The maximum absolute atomic E-state index is 12.0. The Morgan fingerprint density at radius 1 is 1.45 bits per heavy atom. The van der Waals surface area contributed by atoms with Gasteiger partial charge >= 0.3 is 0 Å². The van der Waals surface area contributed by atoms with Crippen molar-refractivity contribution in [2.45, 2.75) is 4.90 Å². The fraction of sp³-hybridized carbons (Fsp3) is 0.154. The molecular weight excluding hydrogens is 276 g/mol. The highest BCUT2D eigenvalue weighted by Crippen LogP contribution is 2.34. The predicted molar refractivity (Wildman–Crippen MR) is 76.7 cm³/mol. The lowest BCUT2D eigenvalue weighted by atomic mass is 10.2. The highest BCUT2D eigenvalue weighted by atomic mass is 32.2. The van der Waals surface area contributed by atoms with Crippen LogP contribution in [0.5, 0.6) is 0 Å². The first-order valence-electron chi connectivity index (χ1n) is 6.05. The van der Waals surface area contributed by atoms with Gasteiger partial charge < -0.3 is 10.2 Å². The SMILES string of the molecule is O=C(CN1C(=O)CSc2ccccc21)Nc1cn[nH]c1. The van der Waals surface area contributed by atoms with E-state index in [9.17, 15) is 9.59 Å². The van der Waals surface area contributed by atoms with Crippen molar-refractivity contribution in [3.05, 3.63) is 36.7 Å². The van der Waals surface area contributed by atoms with Crippen molar-refractivity contribution in [3.63, 3.8) is 0 Å². The lowest BCUT2D eigenvalue weighted by Crippen LogP contribution is -2.41. The summed E-state index contributed by atoms with van der Waals surface area (Å²) in [7, 11) is 0. The van der Waals surface area contributed by atoms with Gasteiger partial charge in [0.2, 0.25) is 11.8 Å². The van der Waals surface area contributed by atoms with Crippen LogP contribution in [0.2, 0.25) is 0 Å². The van der Waals surface area contributed by atoms with Crippen LogP contribution in [0.4, 0.5) is 11.4 Å². The van der Waals surface area contributed by atoms with Crippen molar-refractivity contribution in [3.8, 4) is 0 Å². The van der Waals surface area contributed by atoms with Gasteiger partial charge in [-0.3, -0.25) is 14.7 Å². The van der Waals surface area contributed by atoms with E-state index in [0.717, 1.165) is 10.6 Å². The Morgan fingerprint density at radius 3 is 3.10 bits per heavy atom. The molecule has 0 aliphatic carbocycles. The highest BCUT2D eigenvalue weighted by Gasteiger charge is 2.26. The Hall–Kier alpha value is -2.28. The third-order valence-corrected chi connectivity index (χ3v) is 3.94. The number of aromatic amines is 1. The number of hydrogen-bond acceptors (Lipinski definition) is 4. The summed E-state index contributed by atoms with van der Waals surface area (Å²) in [6.45, 7) is 0.00157. The number of para-hydroxylation sites is 1. The largest absolute Gasteiger partial charge is 0.322 e. The first-order valence-corrected chi connectivity index (χ1v) is 7.03. The van der Waals surface area contributed by atoms with Gasteiger partial charge in [0.1, 0.15) is 6.54 Å². The van der Waals surface area contributed by atoms with Crippen molar-refractivity contribution in [1.82, 2.24) is 10.2 Å². The molecule has 0 atom stereocenters. The number of carbonyl (C=O) groups excluding carboxylic acids is 2. The van der Waals surface area contributed by atoms with E-state index in [1.54, 1.807) is 6.20 Å². The Morgan fingerprint density at radius 2 is 2.30 bits per heavy atom. The maximum Gasteiger partial charge on any atom is 0.244 e. The average Bonchev–Trinajstić information content (AvgIpc) is 2.95. The number of H-pyrrole nitrogens is 1. The van der Waals surface area contributed by atoms with Crippen LogP contribution in [0, 0.1) is 0 Å². The van der Waals surface area contributed by atoms with Gasteiger partial charge in [-0.05, 0) is 12.1 Å². The zero-order valence-electron chi connectivity index (χ0n) is 10.5. The van der Waals surface area contributed by atoms with E-state index in [0.29, 0.717) is 11.4 Å². The molecule has 0 radical (unpaired) electrons. The third kappa shape index (κ3) is 2.53. The number of fused-ring (bicyclic) bond motifs is 1. The number of thioether (sulfide) groups is 1. The number of amides is 2. The molecule has 1 aromatic carbocycles. The van der Waals surface area contributed by atoms with Crippen molar-refractivity contribution in [1.29, 1.82) is 0 Å². The monoisotopic (exact) mass is 288 g/mol. The van der Waals surface area contributed by atoms with Gasteiger partial charge in [0.25, 0.3) is 0 Å².